The molecule has 1 aromatic carbocycles. The van der Waals surface area contributed by atoms with Gasteiger partial charge in [-0.15, -0.1) is 0 Å². The third-order valence-corrected chi connectivity index (χ3v) is 4.96. The van der Waals surface area contributed by atoms with Crippen LogP contribution >= 0.6 is 0 Å². The van der Waals surface area contributed by atoms with E-state index in [1.165, 1.54) is 6.20 Å². The molecule has 0 aliphatic heterocycles. The zero-order valence-electron chi connectivity index (χ0n) is 15.7. The summed E-state index contributed by atoms with van der Waals surface area (Å²) in [6, 6.07) is 16.7. The predicted molar refractivity (Wildman–Crippen MR) is 105 cm³/mol. The lowest BCUT2D eigenvalue weighted by Crippen LogP contribution is -2.39. The molecule has 1 fully saturated rings. The smallest absolute Gasteiger partial charge is 0.273 e. The van der Waals surface area contributed by atoms with Gasteiger partial charge in [0.05, 0.1) is 5.56 Å². The molecule has 2 heterocycles. The maximum atomic E-state index is 12.5. The standard InChI is InChI=1S/C22H20N4O3/c23-13-15-6-11-21(24-14-15)28-18-9-7-17(8-10-18)25-22(27)19-12-20(29-26-19)16-4-2-1-3-5-16/h1-6,11-12,14,17-18H,7-10H2,(H,25,27). The molecule has 0 unspecified atom stereocenters. The number of hydrogen-bond donors (Lipinski definition) is 1. The predicted octanol–water partition coefficient (Wildman–Crippen LogP) is 3.73. The SMILES string of the molecule is N#Cc1ccc(OC2CCC(NC(=O)c3cc(-c4ccccc4)on3)CC2)nc1. The highest BCUT2D eigenvalue weighted by Gasteiger charge is 2.25. The lowest BCUT2D eigenvalue weighted by Gasteiger charge is -2.28. The Hall–Kier alpha value is -3.66. The van der Waals surface area contributed by atoms with Gasteiger partial charge in [-0.05, 0) is 31.7 Å². The van der Waals surface area contributed by atoms with Gasteiger partial charge in [-0.3, -0.25) is 4.79 Å². The van der Waals surface area contributed by atoms with Crippen LogP contribution in [0.3, 0.4) is 0 Å². The first-order valence-electron chi connectivity index (χ1n) is 9.57. The van der Waals surface area contributed by atoms with Gasteiger partial charge in [-0.1, -0.05) is 35.5 Å². The van der Waals surface area contributed by atoms with Crippen molar-refractivity contribution in [2.45, 2.75) is 37.8 Å². The maximum absolute atomic E-state index is 12.5. The van der Waals surface area contributed by atoms with Gasteiger partial charge < -0.3 is 14.6 Å². The minimum atomic E-state index is -0.228. The summed E-state index contributed by atoms with van der Waals surface area (Å²) in [7, 11) is 0. The highest BCUT2D eigenvalue weighted by Crippen LogP contribution is 2.24. The Morgan fingerprint density at radius 3 is 2.62 bits per heavy atom. The largest absolute Gasteiger partial charge is 0.474 e. The molecule has 0 bridgehead atoms. The van der Waals surface area contributed by atoms with E-state index >= 15 is 0 Å². The van der Waals surface area contributed by atoms with Crippen LogP contribution in [0.15, 0.2) is 59.3 Å². The lowest BCUT2D eigenvalue weighted by atomic mass is 9.93. The van der Waals surface area contributed by atoms with Crippen molar-refractivity contribution < 1.29 is 14.1 Å². The average Bonchev–Trinajstić information content (AvgIpc) is 3.27. The maximum Gasteiger partial charge on any atom is 0.273 e. The van der Waals surface area contributed by atoms with E-state index in [4.69, 9.17) is 14.5 Å². The molecular formula is C22H20N4O3. The number of carbonyl (C=O) groups excluding carboxylic acids is 1. The summed E-state index contributed by atoms with van der Waals surface area (Å²) >= 11 is 0. The van der Waals surface area contributed by atoms with Gasteiger partial charge in [0.1, 0.15) is 12.2 Å². The van der Waals surface area contributed by atoms with Crippen molar-refractivity contribution in [3.8, 4) is 23.3 Å². The van der Waals surface area contributed by atoms with Crippen LogP contribution in [0, 0.1) is 11.3 Å². The quantitative estimate of drug-likeness (QED) is 0.715. The third-order valence-electron chi connectivity index (χ3n) is 4.96. The van der Waals surface area contributed by atoms with E-state index in [0.29, 0.717) is 17.2 Å². The molecule has 0 radical (unpaired) electrons. The van der Waals surface area contributed by atoms with Crippen LogP contribution < -0.4 is 10.1 Å². The summed E-state index contributed by atoms with van der Waals surface area (Å²) in [5.41, 5.74) is 1.67. The number of amides is 1. The van der Waals surface area contributed by atoms with Crippen molar-refractivity contribution in [2.24, 2.45) is 0 Å². The Kier molecular flexibility index (Phi) is 5.52. The Balaban J connectivity index is 1.27. The molecule has 146 valence electrons. The first-order valence-corrected chi connectivity index (χ1v) is 9.57. The normalized spacial score (nSPS) is 18.6. The Labute approximate surface area is 168 Å². The minimum absolute atomic E-state index is 0.0559. The fraction of sp³-hybridized carbons (Fsp3) is 0.273. The van der Waals surface area contributed by atoms with Crippen LogP contribution in [0.2, 0.25) is 0 Å². The second kappa shape index (κ2) is 8.57. The number of nitrogens with zero attached hydrogens (tertiary/aromatic N) is 3. The van der Waals surface area contributed by atoms with Crippen LogP contribution in [0.1, 0.15) is 41.7 Å². The van der Waals surface area contributed by atoms with E-state index in [9.17, 15) is 4.79 Å². The van der Waals surface area contributed by atoms with Crippen molar-refractivity contribution in [1.29, 1.82) is 5.26 Å². The van der Waals surface area contributed by atoms with Crippen LogP contribution in [0.25, 0.3) is 11.3 Å². The molecule has 0 spiro atoms. The third kappa shape index (κ3) is 4.61. The summed E-state index contributed by atoms with van der Waals surface area (Å²) < 4.78 is 11.2. The van der Waals surface area contributed by atoms with Crippen molar-refractivity contribution in [3.05, 3.63) is 66.0 Å². The van der Waals surface area contributed by atoms with E-state index in [2.05, 4.69) is 15.5 Å². The fourth-order valence-corrected chi connectivity index (χ4v) is 3.39. The molecule has 1 aliphatic carbocycles. The summed E-state index contributed by atoms with van der Waals surface area (Å²) in [5, 5.41) is 15.7. The molecule has 7 heteroatoms. The molecular weight excluding hydrogens is 368 g/mol. The first kappa shape index (κ1) is 18.7. The Bertz CT molecular complexity index is 1000. The van der Waals surface area contributed by atoms with E-state index < -0.39 is 0 Å². The minimum Gasteiger partial charge on any atom is -0.474 e. The molecule has 1 aliphatic rings. The lowest BCUT2D eigenvalue weighted by molar-refractivity contribution is 0.0881. The van der Waals surface area contributed by atoms with E-state index in [-0.39, 0.29) is 23.7 Å². The second-order valence-electron chi connectivity index (χ2n) is 7.00. The van der Waals surface area contributed by atoms with Crippen molar-refractivity contribution in [2.75, 3.05) is 0 Å². The summed E-state index contributed by atoms with van der Waals surface area (Å²) in [6.45, 7) is 0. The average molecular weight is 388 g/mol. The molecule has 0 saturated heterocycles. The van der Waals surface area contributed by atoms with Crippen LogP contribution in [-0.2, 0) is 0 Å². The van der Waals surface area contributed by atoms with Gasteiger partial charge in [0.25, 0.3) is 5.91 Å². The van der Waals surface area contributed by atoms with Crippen LogP contribution in [0.5, 0.6) is 5.88 Å². The van der Waals surface area contributed by atoms with Crippen LogP contribution in [-0.4, -0.2) is 28.2 Å². The topological polar surface area (TPSA) is 101 Å². The molecule has 7 nitrogen and oxygen atoms in total. The molecule has 0 atom stereocenters. The number of aromatic nitrogens is 2. The highest BCUT2D eigenvalue weighted by atomic mass is 16.5. The van der Waals surface area contributed by atoms with E-state index in [0.717, 1.165) is 31.2 Å². The molecule has 1 N–H and O–H groups in total. The number of ether oxygens (including phenoxy) is 1. The van der Waals surface area contributed by atoms with Crippen molar-refractivity contribution in [1.82, 2.24) is 15.5 Å². The number of pyridine rings is 1. The van der Waals surface area contributed by atoms with Gasteiger partial charge in [0.15, 0.2) is 11.5 Å². The first-order chi connectivity index (χ1) is 14.2. The summed E-state index contributed by atoms with van der Waals surface area (Å²) in [6.07, 6.45) is 4.83. The summed E-state index contributed by atoms with van der Waals surface area (Å²) in [5.74, 6) is 0.865. The highest BCUT2D eigenvalue weighted by molar-refractivity contribution is 5.93. The van der Waals surface area contributed by atoms with Gasteiger partial charge in [0, 0.05) is 29.9 Å². The molecule has 4 rings (SSSR count). The van der Waals surface area contributed by atoms with Gasteiger partial charge in [-0.25, -0.2) is 4.98 Å². The van der Waals surface area contributed by atoms with Gasteiger partial charge >= 0.3 is 0 Å². The molecule has 1 saturated carbocycles. The van der Waals surface area contributed by atoms with Crippen LogP contribution in [0.4, 0.5) is 0 Å². The second-order valence-corrected chi connectivity index (χ2v) is 7.00. The van der Waals surface area contributed by atoms with Gasteiger partial charge in [0.2, 0.25) is 5.88 Å². The van der Waals surface area contributed by atoms with Crippen molar-refractivity contribution in [3.63, 3.8) is 0 Å². The molecule has 1 amide bonds. The number of hydrogen-bond acceptors (Lipinski definition) is 6. The number of nitrogens with one attached hydrogen (secondary N) is 1. The Morgan fingerprint density at radius 1 is 1.14 bits per heavy atom. The number of nitriles is 1. The zero-order chi connectivity index (χ0) is 20.1. The molecule has 29 heavy (non-hydrogen) atoms. The summed E-state index contributed by atoms with van der Waals surface area (Å²) in [4.78, 5) is 16.6. The molecule has 2 aromatic heterocycles. The van der Waals surface area contributed by atoms with Gasteiger partial charge in [-0.2, -0.15) is 5.26 Å². The van der Waals surface area contributed by atoms with E-state index in [1.54, 1.807) is 18.2 Å². The fourth-order valence-electron chi connectivity index (χ4n) is 3.39. The number of benzene rings is 1. The number of rotatable bonds is 5. The zero-order valence-corrected chi connectivity index (χ0v) is 15.7. The van der Waals surface area contributed by atoms with Crippen molar-refractivity contribution >= 4 is 5.91 Å². The number of carbonyl (C=O) groups is 1. The van der Waals surface area contributed by atoms with E-state index in [1.807, 2.05) is 36.4 Å². The molecule has 3 aromatic rings. The monoisotopic (exact) mass is 388 g/mol. The Morgan fingerprint density at radius 2 is 1.93 bits per heavy atom.